The smallest absolute Gasteiger partial charge is 0.160 e. The molecule has 90 valence electrons. The summed E-state index contributed by atoms with van der Waals surface area (Å²) >= 11 is 0. The minimum Gasteiger partial charge on any atom is -0.325 e. The standard InChI is InChI=1S/C13H11FN4/c14-10-3-1-9(2-4-10)12-8-17-13-11(7-15)16-5-6-18(12)13/h1-6,8H,7,15H2. The molecule has 0 saturated carbocycles. The van der Waals surface area contributed by atoms with E-state index in [9.17, 15) is 4.39 Å². The van der Waals surface area contributed by atoms with E-state index in [0.717, 1.165) is 22.6 Å². The van der Waals surface area contributed by atoms with Gasteiger partial charge in [-0.05, 0) is 24.3 Å². The summed E-state index contributed by atoms with van der Waals surface area (Å²) in [5.74, 6) is -0.253. The van der Waals surface area contributed by atoms with Gasteiger partial charge in [0.05, 0.1) is 17.6 Å². The number of hydrogen-bond acceptors (Lipinski definition) is 3. The van der Waals surface area contributed by atoms with Gasteiger partial charge in [-0.2, -0.15) is 0 Å². The molecule has 2 aromatic heterocycles. The van der Waals surface area contributed by atoms with Crippen LogP contribution in [0.25, 0.3) is 16.9 Å². The maximum atomic E-state index is 12.9. The quantitative estimate of drug-likeness (QED) is 0.747. The Balaban J connectivity index is 2.21. The Labute approximate surface area is 103 Å². The Morgan fingerprint density at radius 1 is 1.17 bits per heavy atom. The Hall–Kier alpha value is -2.27. The lowest BCUT2D eigenvalue weighted by atomic mass is 10.2. The monoisotopic (exact) mass is 242 g/mol. The predicted octanol–water partition coefficient (Wildman–Crippen LogP) is 1.99. The van der Waals surface area contributed by atoms with Gasteiger partial charge in [-0.1, -0.05) is 0 Å². The van der Waals surface area contributed by atoms with Gasteiger partial charge in [-0.15, -0.1) is 0 Å². The number of halogens is 1. The summed E-state index contributed by atoms with van der Waals surface area (Å²) in [6.07, 6.45) is 5.24. The van der Waals surface area contributed by atoms with Crippen LogP contribution in [0, 0.1) is 5.82 Å². The molecule has 0 aliphatic heterocycles. The van der Waals surface area contributed by atoms with E-state index >= 15 is 0 Å². The highest BCUT2D eigenvalue weighted by Gasteiger charge is 2.09. The average molecular weight is 242 g/mol. The molecule has 18 heavy (non-hydrogen) atoms. The molecule has 4 nitrogen and oxygen atoms in total. The molecule has 3 rings (SSSR count). The second-order valence-electron chi connectivity index (χ2n) is 3.92. The summed E-state index contributed by atoms with van der Waals surface area (Å²) in [6.45, 7) is 0.338. The highest BCUT2D eigenvalue weighted by Crippen LogP contribution is 2.21. The Bertz CT molecular complexity index is 688. The zero-order valence-corrected chi connectivity index (χ0v) is 9.55. The lowest BCUT2D eigenvalue weighted by Crippen LogP contribution is -2.03. The maximum Gasteiger partial charge on any atom is 0.160 e. The van der Waals surface area contributed by atoms with Gasteiger partial charge < -0.3 is 5.73 Å². The van der Waals surface area contributed by atoms with Crippen LogP contribution < -0.4 is 5.73 Å². The van der Waals surface area contributed by atoms with E-state index in [2.05, 4.69) is 9.97 Å². The summed E-state index contributed by atoms with van der Waals surface area (Å²) in [5, 5.41) is 0. The lowest BCUT2D eigenvalue weighted by Gasteiger charge is -2.03. The first kappa shape index (κ1) is 10.9. The van der Waals surface area contributed by atoms with E-state index in [1.54, 1.807) is 24.5 Å². The first-order chi connectivity index (χ1) is 8.79. The van der Waals surface area contributed by atoms with Crippen LogP contribution in [0.1, 0.15) is 5.69 Å². The largest absolute Gasteiger partial charge is 0.325 e. The Kier molecular flexibility index (Phi) is 2.53. The van der Waals surface area contributed by atoms with E-state index < -0.39 is 0 Å². The van der Waals surface area contributed by atoms with Gasteiger partial charge in [0.2, 0.25) is 0 Å². The minimum absolute atomic E-state index is 0.253. The molecule has 0 bridgehead atoms. The number of imidazole rings is 1. The van der Waals surface area contributed by atoms with E-state index in [4.69, 9.17) is 5.73 Å². The number of nitrogens with zero attached hydrogens (tertiary/aromatic N) is 3. The third-order valence-electron chi connectivity index (χ3n) is 2.83. The molecule has 0 atom stereocenters. The highest BCUT2D eigenvalue weighted by atomic mass is 19.1. The Morgan fingerprint density at radius 3 is 2.67 bits per heavy atom. The second-order valence-corrected chi connectivity index (χ2v) is 3.92. The summed E-state index contributed by atoms with van der Waals surface area (Å²) in [5.41, 5.74) is 8.89. The van der Waals surface area contributed by atoms with Crippen LogP contribution in [-0.2, 0) is 6.54 Å². The van der Waals surface area contributed by atoms with Gasteiger partial charge in [-0.25, -0.2) is 9.37 Å². The van der Waals surface area contributed by atoms with Crippen LogP contribution in [0.5, 0.6) is 0 Å². The Morgan fingerprint density at radius 2 is 1.94 bits per heavy atom. The number of fused-ring (bicyclic) bond motifs is 1. The van der Waals surface area contributed by atoms with Crippen LogP contribution in [-0.4, -0.2) is 14.4 Å². The van der Waals surface area contributed by atoms with Crippen molar-refractivity contribution in [3.8, 4) is 11.3 Å². The first-order valence-corrected chi connectivity index (χ1v) is 5.56. The van der Waals surface area contributed by atoms with Gasteiger partial charge in [0.25, 0.3) is 0 Å². The second kappa shape index (κ2) is 4.19. The molecule has 0 aliphatic rings. The van der Waals surface area contributed by atoms with E-state index in [1.807, 2.05) is 10.6 Å². The van der Waals surface area contributed by atoms with Gasteiger partial charge in [0, 0.05) is 24.5 Å². The van der Waals surface area contributed by atoms with Gasteiger partial charge in [0.1, 0.15) is 5.82 Å². The van der Waals surface area contributed by atoms with Crippen molar-refractivity contribution in [2.75, 3.05) is 0 Å². The molecule has 1 aromatic carbocycles. The molecule has 0 amide bonds. The van der Waals surface area contributed by atoms with Gasteiger partial charge in [0.15, 0.2) is 5.65 Å². The molecular weight excluding hydrogens is 231 g/mol. The molecule has 0 saturated heterocycles. The number of benzene rings is 1. The molecule has 5 heteroatoms. The van der Waals surface area contributed by atoms with Crippen LogP contribution in [0.3, 0.4) is 0 Å². The van der Waals surface area contributed by atoms with Crippen molar-refractivity contribution in [3.63, 3.8) is 0 Å². The SMILES string of the molecule is NCc1nccn2c(-c3ccc(F)cc3)cnc12. The third kappa shape index (κ3) is 1.65. The zero-order chi connectivity index (χ0) is 12.5. The summed E-state index contributed by atoms with van der Waals surface area (Å²) in [7, 11) is 0. The number of aromatic nitrogens is 3. The first-order valence-electron chi connectivity index (χ1n) is 5.56. The third-order valence-corrected chi connectivity index (χ3v) is 2.83. The molecule has 0 spiro atoms. The fourth-order valence-electron chi connectivity index (χ4n) is 1.95. The van der Waals surface area contributed by atoms with E-state index in [1.165, 1.54) is 12.1 Å². The van der Waals surface area contributed by atoms with Crippen LogP contribution in [0.15, 0.2) is 42.9 Å². The molecular formula is C13H11FN4. The van der Waals surface area contributed by atoms with Gasteiger partial charge in [-0.3, -0.25) is 9.38 Å². The normalized spacial score (nSPS) is 11.0. The molecule has 2 heterocycles. The summed E-state index contributed by atoms with van der Waals surface area (Å²) < 4.78 is 14.8. The van der Waals surface area contributed by atoms with Crippen molar-refractivity contribution in [1.29, 1.82) is 0 Å². The molecule has 0 unspecified atom stereocenters. The lowest BCUT2D eigenvalue weighted by molar-refractivity contribution is 0.628. The minimum atomic E-state index is -0.253. The number of nitrogens with two attached hydrogens (primary N) is 1. The number of hydrogen-bond donors (Lipinski definition) is 1. The topological polar surface area (TPSA) is 56.2 Å². The molecule has 0 fully saturated rings. The zero-order valence-electron chi connectivity index (χ0n) is 9.55. The fraction of sp³-hybridized carbons (Fsp3) is 0.0769. The summed E-state index contributed by atoms with van der Waals surface area (Å²) in [4.78, 5) is 8.49. The van der Waals surface area contributed by atoms with Gasteiger partial charge >= 0.3 is 0 Å². The van der Waals surface area contributed by atoms with E-state index in [-0.39, 0.29) is 5.82 Å². The summed E-state index contributed by atoms with van der Waals surface area (Å²) in [6, 6.07) is 6.31. The molecule has 3 aromatic rings. The van der Waals surface area contributed by atoms with Crippen molar-refractivity contribution < 1.29 is 4.39 Å². The van der Waals surface area contributed by atoms with Crippen molar-refractivity contribution in [2.24, 2.45) is 5.73 Å². The molecule has 0 aliphatic carbocycles. The van der Waals surface area contributed by atoms with Crippen molar-refractivity contribution in [3.05, 3.63) is 54.4 Å². The highest BCUT2D eigenvalue weighted by molar-refractivity contribution is 5.64. The van der Waals surface area contributed by atoms with Crippen molar-refractivity contribution >= 4 is 5.65 Å². The van der Waals surface area contributed by atoms with Crippen molar-refractivity contribution in [1.82, 2.24) is 14.4 Å². The molecule has 2 N–H and O–H groups in total. The fourth-order valence-corrected chi connectivity index (χ4v) is 1.95. The van der Waals surface area contributed by atoms with Crippen molar-refractivity contribution in [2.45, 2.75) is 6.54 Å². The predicted molar refractivity (Wildman–Crippen MR) is 66.3 cm³/mol. The average Bonchev–Trinajstić information content (AvgIpc) is 2.83. The van der Waals surface area contributed by atoms with Crippen LogP contribution >= 0.6 is 0 Å². The van der Waals surface area contributed by atoms with Crippen LogP contribution in [0.2, 0.25) is 0 Å². The maximum absolute atomic E-state index is 12.9. The van der Waals surface area contributed by atoms with E-state index in [0.29, 0.717) is 6.54 Å². The molecule has 0 radical (unpaired) electrons. The van der Waals surface area contributed by atoms with Crippen LogP contribution in [0.4, 0.5) is 4.39 Å². The number of rotatable bonds is 2.